The van der Waals surface area contributed by atoms with Crippen molar-refractivity contribution >= 4 is 17.8 Å². The standard InChI is InChI=1S/C38H34FNO6/c1-25(41)30-16-21-35(44-23-22-34-26(2)45-37(40-34)29-8-4-3-5-9-29)31(24-30)10-6-7-11-36(38(42)43)46-33-19-14-28(15-20-33)27-12-17-32(39)18-13-27/h3-6,8-10,12-21,24,36H,7,11,22-23H2,1-2H3,(H,42,43)/b10-6+. The van der Waals surface area contributed by atoms with Crippen molar-refractivity contribution in [1.82, 2.24) is 4.98 Å². The molecule has 0 fully saturated rings. The van der Waals surface area contributed by atoms with Gasteiger partial charge in [-0.3, -0.25) is 4.79 Å². The molecule has 1 unspecified atom stereocenters. The van der Waals surface area contributed by atoms with Gasteiger partial charge in [0.15, 0.2) is 11.9 Å². The first-order valence-electron chi connectivity index (χ1n) is 15.0. The number of nitrogens with zero attached hydrogens (tertiary/aromatic N) is 1. The average Bonchev–Trinajstić information content (AvgIpc) is 3.44. The molecule has 0 bridgehead atoms. The Morgan fingerprint density at radius 3 is 2.30 bits per heavy atom. The number of carboxylic acid groups (broad SMARTS) is 1. The molecule has 7 nitrogen and oxygen atoms in total. The SMILES string of the molecule is CC(=O)c1ccc(OCCc2nc(-c3ccccc3)oc2C)c(/C=C/CCC(Oc2ccc(-c3ccc(F)cc3)cc2)C(=O)O)c1. The lowest BCUT2D eigenvalue weighted by atomic mass is 10.1. The summed E-state index contributed by atoms with van der Waals surface area (Å²) in [7, 11) is 0. The van der Waals surface area contributed by atoms with Gasteiger partial charge in [0, 0.05) is 23.1 Å². The molecule has 8 heteroatoms. The van der Waals surface area contributed by atoms with Gasteiger partial charge in [0.25, 0.3) is 0 Å². The number of aromatic nitrogens is 1. The number of Topliss-reactive ketones (excluding diaryl/α,β-unsaturated/α-hetero) is 1. The number of ether oxygens (including phenoxy) is 2. The van der Waals surface area contributed by atoms with Crippen molar-refractivity contribution in [3.63, 3.8) is 0 Å². The number of benzene rings is 4. The number of carbonyl (C=O) groups excluding carboxylic acids is 1. The molecule has 1 atom stereocenters. The fourth-order valence-corrected chi connectivity index (χ4v) is 4.87. The highest BCUT2D eigenvalue weighted by Crippen LogP contribution is 2.26. The van der Waals surface area contributed by atoms with Crippen LogP contribution in [-0.4, -0.2) is 34.6 Å². The van der Waals surface area contributed by atoms with Gasteiger partial charge in [0.1, 0.15) is 23.1 Å². The van der Waals surface area contributed by atoms with E-state index in [1.807, 2.05) is 49.4 Å². The summed E-state index contributed by atoms with van der Waals surface area (Å²) in [5.74, 6) is 0.855. The lowest BCUT2D eigenvalue weighted by Gasteiger charge is -2.15. The number of rotatable bonds is 14. The van der Waals surface area contributed by atoms with Crippen LogP contribution in [0.4, 0.5) is 4.39 Å². The van der Waals surface area contributed by atoms with Crippen molar-refractivity contribution in [2.75, 3.05) is 6.61 Å². The fourth-order valence-electron chi connectivity index (χ4n) is 4.87. The maximum Gasteiger partial charge on any atom is 0.344 e. The Balaban J connectivity index is 1.20. The fraction of sp³-hybridized carbons (Fsp3) is 0.184. The monoisotopic (exact) mass is 619 g/mol. The molecule has 5 aromatic rings. The topological polar surface area (TPSA) is 98.9 Å². The van der Waals surface area contributed by atoms with Crippen molar-refractivity contribution in [2.24, 2.45) is 0 Å². The Hall–Kier alpha value is -5.50. The minimum Gasteiger partial charge on any atom is -0.493 e. The number of aryl methyl sites for hydroxylation is 1. The highest BCUT2D eigenvalue weighted by molar-refractivity contribution is 5.95. The van der Waals surface area contributed by atoms with Gasteiger partial charge in [-0.25, -0.2) is 14.2 Å². The van der Waals surface area contributed by atoms with Crippen LogP contribution in [0.25, 0.3) is 28.7 Å². The summed E-state index contributed by atoms with van der Waals surface area (Å²) in [6.45, 7) is 3.72. The minimum absolute atomic E-state index is 0.0716. The zero-order valence-electron chi connectivity index (χ0n) is 25.6. The zero-order valence-corrected chi connectivity index (χ0v) is 25.6. The van der Waals surface area contributed by atoms with Gasteiger partial charge in [-0.15, -0.1) is 0 Å². The summed E-state index contributed by atoms with van der Waals surface area (Å²) in [5.41, 5.74) is 4.67. The molecule has 0 saturated carbocycles. The van der Waals surface area contributed by atoms with Crippen LogP contribution < -0.4 is 9.47 Å². The Bertz CT molecular complexity index is 1810. The first-order valence-corrected chi connectivity index (χ1v) is 15.0. The number of halogens is 1. The van der Waals surface area contributed by atoms with E-state index in [1.54, 1.807) is 54.6 Å². The van der Waals surface area contributed by atoms with Crippen molar-refractivity contribution < 1.29 is 33.0 Å². The summed E-state index contributed by atoms with van der Waals surface area (Å²) in [4.78, 5) is 28.7. The molecule has 1 heterocycles. The first kappa shape index (κ1) is 31.9. The lowest BCUT2D eigenvalue weighted by molar-refractivity contribution is -0.145. The van der Waals surface area contributed by atoms with Gasteiger partial charge < -0.3 is 19.0 Å². The van der Waals surface area contributed by atoms with E-state index in [4.69, 9.17) is 13.9 Å². The molecule has 0 aliphatic rings. The third kappa shape index (κ3) is 8.35. The normalized spacial score (nSPS) is 11.8. The molecule has 0 saturated heterocycles. The third-order valence-corrected chi connectivity index (χ3v) is 7.40. The number of ketones is 1. The van der Waals surface area contributed by atoms with Gasteiger partial charge in [0.2, 0.25) is 5.89 Å². The number of oxazole rings is 1. The van der Waals surface area contributed by atoms with E-state index in [-0.39, 0.29) is 18.0 Å². The molecule has 0 aliphatic carbocycles. The van der Waals surface area contributed by atoms with Gasteiger partial charge in [0.05, 0.1) is 12.3 Å². The number of carboxylic acids is 1. The molecule has 4 aromatic carbocycles. The summed E-state index contributed by atoms with van der Waals surface area (Å²) < 4.78 is 31.0. The number of carbonyl (C=O) groups is 2. The van der Waals surface area contributed by atoms with E-state index in [0.29, 0.717) is 48.0 Å². The Morgan fingerprint density at radius 1 is 0.935 bits per heavy atom. The first-order chi connectivity index (χ1) is 22.3. The molecular formula is C38H34FNO6. The molecule has 0 amide bonds. The smallest absolute Gasteiger partial charge is 0.344 e. The van der Waals surface area contributed by atoms with Gasteiger partial charge in [-0.05, 0) is 92.4 Å². The zero-order chi connectivity index (χ0) is 32.5. The summed E-state index contributed by atoms with van der Waals surface area (Å²) >= 11 is 0. The van der Waals surface area contributed by atoms with E-state index in [0.717, 1.165) is 28.1 Å². The van der Waals surface area contributed by atoms with Crippen molar-refractivity contribution in [3.8, 4) is 34.1 Å². The highest BCUT2D eigenvalue weighted by Gasteiger charge is 2.19. The summed E-state index contributed by atoms with van der Waals surface area (Å²) in [6, 6.07) is 28.1. The Labute approximate surface area is 267 Å². The van der Waals surface area contributed by atoms with Crippen LogP contribution in [0.1, 0.15) is 47.1 Å². The second-order valence-corrected chi connectivity index (χ2v) is 10.8. The second-order valence-electron chi connectivity index (χ2n) is 10.8. The van der Waals surface area contributed by atoms with Crippen LogP contribution in [0.5, 0.6) is 11.5 Å². The summed E-state index contributed by atoms with van der Waals surface area (Å²) in [6.07, 6.45) is 3.77. The largest absolute Gasteiger partial charge is 0.493 e. The number of hydrogen-bond donors (Lipinski definition) is 1. The van der Waals surface area contributed by atoms with Gasteiger partial charge >= 0.3 is 5.97 Å². The lowest BCUT2D eigenvalue weighted by Crippen LogP contribution is -2.26. The molecule has 46 heavy (non-hydrogen) atoms. The van der Waals surface area contributed by atoms with Gasteiger partial charge in [-0.2, -0.15) is 0 Å². The summed E-state index contributed by atoms with van der Waals surface area (Å²) in [5, 5.41) is 9.77. The second kappa shape index (κ2) is 15.0. The molecule has 1 N–H and O–H groups in total. The van der Waals surface area contributed by atoms with E-state index in [2.05, 4.69) is 4.98 Å². The van der Waals surface area contributed by atoms with Crippen molar-refractivity contribution in [3.05, 3.63) is 132 Å². The van der Waals surface area contributed by atoms with Crippen LogP contribution in [0.15, 0.2) is 108 Å². The molecule has 5 rings (SSSR count). The van der Waals surface area contributed by atoms with E-state index < -0.39 is 12.1 Å². The van der Waals surface area contributed by atoms with Crippen molar-refractivity contribution in [2.45, 2.75) is 39.2 Å². The molecule has 234 valence electrons. The van der Waals surface area contributed by atoms with Crippen molar-refractivity contribution in [1.29, 1.82) is 0 Å². The number of allylic oxidation sites excluding steroid dienone is 1. The molecule has 0 aliphatic heterocycles. The quantitative estimate of drug-likeness (QED) is 0.124. The molecule has 0 spiro atoms. The van der Waals surface area contributed by atoms with Gasteiger partial charge in [-0.1, -0.05) is 54.6 Å². The van der Waals surface area contributed by atoms with Crippen LogP contribution in [0.2, 0.25) is 0 Å². The minimum atomic E-state index is -1.07. The predicted octanol–water partition coefficient (Wildman–Crippen LogP) is 8.61. The van der Waals surface area contributed by atoms with Crippen LogP contribution in [0.3, 0.4) is 0 Å². The average molecular weight is 620 g/mol. The highest BCUT2D eigenvalue weighted by atomic mass is 19.1. The Kier molecular flexibility index (Phi) is 10.4. The maximum atomic E-state index is 13.2. The van der Waals surface area contributed by atoms with E-state index in [1.165, 1.54) is 19.1 Å². The molecule has 0 radical (unpaired) electrons. The molecular weight excluding hydrogens is 585 g/mol. The Morgan fingerprint density at radius 2 is 1.63 bits per heavy atom. The van der Waals surface area contributed by atoms with Crippen LogP contribution >= 0.6 is 0 Å². The van der Waals surface area contributed by atoms with E-state index in [9.17, 15) is 19.1 Å². The number of aliphatic carboxylic acids is 1. The predicted molar refractivity (Wildman–Crippen MR) is 174 cm³/mol. The van der Waals surface area contributed by atoms with Crippen LogP contribution in [0, 0.1) is 12.7 Å². The van der Waals surface area contributed by atoms with E-state index >= 15 is 0 Å². The van der Waals surface area contributed by atoms with Crippen LogP contribution in [-0.2, 0) is 11.2 Å². The third-order valence-electron chi connectivity index (χ3n) is 7.40. The maximum absolute atomic E-state index is 13.2. The molecule has 1 aromatic heterocycles. The number of hydrogen-bond acceptors (Lipinski definition) is 6.